The third-order valence-electron chi connectivity index (χ3n) is 13.5. The molecule has 63 heavy (non-hydrogen) atoms. The van der Waals surface area contributed by atoms with Crippen LogP contribution in [0.15, 0.2) is 223 Å². The average Bonchev–Trinajstić information content (AvgIpc) is 4.01. The van der Waals surface area contributed by atoms with Gasteiger partial charge in [0.15, 0.2) is 0 Å². The van der Waals surface area contributed by atoms with Crippen molar-refractivity contribution in [2.24, 2.45) is 0 Å². The number of furan rings is 1. The largest absolute Gasteiger partial charge is 0.456 e. The van der Waals surface area contributed by atoms with Crippen molar-refractivity contribution in [2.45, 2.75) is 0 Å². The van der Waals surface area contributed by atoms with Gasteiger partial charge in [-0.15, -0.1) is 0 Å². The maximum absolute atomic E-state index is 6.28. The summed E-state index contributed by atoms with van der Waals surface area (Å²) in [5, 5.41) is 15.0. The van der Waals surface area contributed by atoms with Crippen LogP contribution < -0.4 is 4.90 Å². The first-order chi connectivity index (χ1) is 31.2. The van der Waals surface area contributed by atoms with Crippen LogP contribution in [0.25, 0.3) is 115 Å². The molecule has 0 radical (unpaired) electrons. The van der Waals surface area contributed by atoms with E-state index in [4.69, 9.17) is 4.42 Å². The second-order valence-electron chi connectivity index (χ2n) is 16.8. The summed E-state index contributed by atoms with van der Waals surface area (Å²) in [5.74, 6) is 0. The van der Waals surface area contributed by atoms with Gasteiger partial charge in [0.1, 0.15) is 11.2 Å². The second-order valence-corrected chi connectivity index (χ2v) is 16.8. The van der Waals surface area contributed by atoms with E-state index in [9.17, 15) is 0 Å². The van der Waals surface area contributed by atoms with Crippen LogP contribution in [0.3, 0.4) is 0 Å². The number of benzene rings is 11. The summed E-state index contributed by atoms with van der Waals surface area (Å²) in [4.78, 5) is 2.39. The Balaban J connectivity index is 0.909. The Morgan fingerprint density at radius 2 is 0.714 bits per heavy atom. The molecule has 0 aliphatic carbocycles. The second kappa shape index (κ2) is 13.1. The number of para-hydroxylation sites is 3. The van der Waals surface area contributed by atoms with Crippen molar-refractivity contribution in [3.8, 4) is 22.3 Å². The van der Waals surface area contributed by atoms with Crippen LogP contribution in [0.5, 0.6) is 0 Å². The van der Waals surface area contributed by atoms with E-state index in [2.05, 4.69) is 216 Å². The molecule has 292 valence electrons. The van der Waals surface area contributed by atoms with Gasteiger partial charge in [-0.05, 0) is 121 Å². The van der Waals surface area contributed by atoms with E-state index in [0.717, 1.165) is 50.1 Å². The van der Waals surface area contributed by atoms with Gasteiger partial charge < -0.3 is 13.7 Å². The predicted molar refractivity (Wildman–Crippen MR) is 266 cm³/mol. The first-order valence-electron chi connectivity index (χ1n) is 21.7. The summed E-state index contributed by atoms with van der Waals surface area (Å²) < 4.78 is 8.74. The SMILES string of the molecule is c1ccc2c(c1)oc1cc(-c3ccc(N(c4ccc(-c5ccc6c7cccc8c9ccccc9n(c6c5)c87)cc4)c4ccc5c6ccccc6c6ccccc6c5c4)cc3)ccc12. The molecule has 14 rings (SSSR count). The zero-order chi connectivity index (χ0) is 41.2. The molecule has 0 amide bonds. The van der Waals surface area contributed by atoms with Crippen LogP contribution in [-0.4, -0.2) is 4.40 Å². The first-order valence-corrected chi connectivity index (χ1v) is 21.7. The Hall–Kier alpha value is -8.40. The molecule has 0 aliphatic heterocycles. The number of hydrogen-bond acceptors (Lipinski definition) is 2. The third kappa shape index (κ3) is 5.02. The lowest BCUT2D eigenvalue weighted by Gasteiger charge is -2.26. The molecular weight excluding hydrogens is 765 g/mol. The zero-order valence-electron chi connectivity index (χ0n) is 34.1. The lowest BCUT2D eigenvalue weighted by Crippen LogP contribution is -2.10. The molecule has 3 heterocycles. The standard InChI is InChI=1S/C60H36N2O/c1-2-12-46-44(10-1)45-11-3-4-13-47(45)55-36-43(30-33-48(46)55)61(42-28-22-38(23-29-42)40-25-32-52-51-15-6-8-19-58(51)63-59(52)35-40)41-26-20-37(21-27-41)39-24-31-50-54-17-9-16-53-49-14-5-7-18-56(49)62(60(53)54)57(50)34-39/h1-36H. The molecule has 0 bridgehead atoms. The van der Waals surface area contributed by atoms with Crippen molar-refractivity contribution in [3.63, 3.8) is 0 Å². The van der Waals surface area contributed by atoms with E-state index in [1.807, 2.05) is 12.1 Å². The van der Waals surface area contributed by atoms with Crippen LogP contribution in [-0.2, 0) is 0 Å². The first kappa shape index (κ1) is 34.3. The Morgan fingerprint density at radius 1 is 0.270 bits per heavy atom. The molecule has 0 N–H and O–H groups in total. The van der Waals surface area contributed by atoms with Gasteiger partial charge in [-0.25, -0.2) is 0 Å². The summed E-state index contributed by atoms with van der Waals surface area (Å²) in [6.07, 6.45) is 0. The van der Waals surface area contributed by atoms with Gasteiger partial charge in [-0.1, -0.05) is 152 Å². The highest BCUT2D eigenvalue weighted by Crippen LogP contribution is 2.44. The molecule has 3 nitrogen and oxygen atoms in total. The average molecular weight is 801 g/mol. The fourth-order valence-electron chi connectivity index (χ4n) is 10.6. The third-order valence-corrected chi connectivity index (χ3v) is 13.5. The summed E-state index contributed by atoms with van der Waals surface area (Å²) >= 11 is 0. The smallest absolute Gasteiger partial charge is 0.136 e. The van der Waals surface area contributed by atoms with Gasteiger partial charge >= 0.3 is 0 Å². The predicted octanol–water partition coefficient (Wildman–Crippen LogP) is 17.0. The zero-order valence-corrected chi connectivity index (χ0v) is 34.1. The summed E-state index contributed by atoms with van der Waals surface area (Å²) in [7, 11) is 0. The monoisotopic (exact) mass is 800 g/mol. The van der Waals surface area contributed by atoms with Gasteiger partial charge in [0.25, 0.3) is 0 Å². The van der Waals surface area contributed by atoms with Crippen LogP contribution in [0.2, 0.25) is 0 Å². The van der Waals surface area contributed by atoms with Crippen LogP contribution in [0.4, 0.5) is 17.1 Å². The molecule has 3 heteroatoms. The van der Waals surface area contributed by atoms with E-state index in [1.54, 1.807) is 0 Å². The Labute approximate surface area is 362 Å². The van der Waals surface area contributed by atoms with Gasteiger partial charge in [0.2, 0.25) is 0 Å². The normalized spacial score (nSPS) is 12.1. The fourth-order valence-corrected chi connectivity index (χ4v) is 10.6. The lowest BCUT2D eigenvalue weighted by molar-refractivity contribution is 0.669. The number of rotatable bonds is 5. The Kier molecular flexibility index (Phi) is 7.11. The van der Waals surface area contributed by atoms with Crippen molar-refractivity contribution in [1.82, 2.24) is 4.40 Å². The summed E-state index contributed by atoms with van der Waals surface area (Å²) in [6.45, 7) is 0. The Morgan fingerprint density at radius 3 is 1.38 bits per heavy atom. The van der Waals surface area contributed by atoms with E-state index >= 15 is 0 Å². The molecule has 14 aromatic rings. The molecule has 0 saturated carbocycles. The molecule has 0 atom stereocenters. The summed E-state index contributed by atoms with van der Waals surface area (Å²) in [5.41, 5.74) is 13.5. The van der Waals surface area contributed by atoms with E-state index < -0.39 is 0 Å². The van der Waals surface area contributed by atoms with Crippen LogP contribution in [0, 0.1) is 0 Å². The molecule has 0 unspecified atom stereocenters. The van der Waals surface area contributed by atoms with E-state index in [-0.39, 0.29) is 0 Å². The highest BCUT2D eigenvalue weighted by molar-refractivity contribution is 6.26. The minimum atomic E-state index is 0.901. The number of aromatic nitrogens is 1. The number of hydrogen-bond donors (Lipinski definition) is 0. The van der Waals surface area contributed by atoms with Crippen molar-refractivity contribution in [1.29, 1.82) is 0 Å². The highest BCUT2D eigenvalue weighted by Gasteiger charge is 2.19. The van der Waals surface area contributed by atoms with E-state index in [1.165, 1.54) is 81.5 Å². The molecule has 3 aromatic heterocycles. The van der Waals surface area contributed by atoms with Crippen LogP contribution in [0.1, 0.15) is 0 Å². The van der Waals surface area contributed by atoms with Crippen molar-refractivity contribution in [2.75, 3.05) is 4.90 Å². The minimum absolute atomic E-state index is 0.901. The molecule has 0 saturated heterocycles. The number of fused-ring (bicyclic) bond motifs is 15. The highest BCUT2D eigenvalue weighted by atomic mass is 16.3. The van der Waals surface area contributed by atoms with Crippen molar-refractivity contribution in [3.05, 3.63) is 218 Å². The van der Waals surface area contributed by atoms with Crippen molar-refractivity contribution < 1.29 is 4.42 Å². The maximum Gasteiger partial charge on any atom is 0.136 e. The quantitative estimate of drug-likeness (QED) is 0.162. The minimum Gasteiger partial charge on any atom is -0.456 e. The Bertz CT molecular complexity index is 4100. The van der Waals surface area contributed by atoms with Gasteiger partial charge in [0, 0.05) is 49.4 Å². The molecule has 0 spiro atoms. The molecular formula is C60H36N2O. The van der Waals surface area contributed by atoms with Gasteiger partial charge in [-0.2, -0.15) is 0 Å². The fraction of sp³-hybridized carbons (Fsp3) is 0. The maximum atomic E-state index is 6.28. The van der Waals surface area contributed by atoms with Crippen LogP contribution >= 0.6 is 0 Å². The van der Waals surface area contributed by atoms with Gasteiger partial charge in [-0.3, -0.25) is 0 Å². The molecule has 11 aromatic carbocycles. The number of nitrogens with zero attached hydrogens (tertiary/aromatic N) is 2. The molecule has 0 fully saturated rings. The van der Waals surface area contributed by atoms with Gasteiger partial charge in [0.05, 0.1) is 16.6 Å². The topological polar surface area (TPSA) is 20.8 Å². The summed E-state index contributed by atoms with van der Waals surface area (Å²) in [6, 6.07) is 79.8. The number of anilines is 3. The van der Waals surface area contributed by atoms with E-state index in [0.29, 0.717) is 0 Å². The molecule has 0 aliphatic rings. The van der Waals surface area contributed by atoms with Crippen molar-refractivity contribution >= 4 is 109 Å². The lowest BCUT2D eigenvalue weighted by atomic mass is 9.94.